The predicted octanol–water partition coefficient (Wildman–Crippen LogP) is 3.02. The molecule has 0 aromatic heterocycles. The molecule has 0 atom stereocenters. The molecule has 1 fully saturated rings. The zero-order valence-electron chi connectivity index (χ0n) is 11.8. The van der Waals surface area contributed by atoms with Gasteiger partial charge >= 0.3 is 0 Å². The summed E-state index contributed by atoms with van der Waals surface area (Å²) in [6.07, 6.45) is 7.31. The van der Waals surface area contributed by atoms with Gasteiger partial charge in [0.2, 0.25) is 0 Å². The number of nitrogens with one attached hydrogen (secondary N) is 2. The number of nitrogens with zero attached hydrogens (tertiary/aromatic N) is 1. The minimum Gasteiger partial charge on any atom is -0.354 e. The maximum absolute atomic E-state index is 4.29. The molecule has 3 nitrogen and oxygen atoms in total. The van der Waals surface area contributed by atoms with E-state index in [0.717, 1.165) is 12.5 Å². The van der Waals surface area contributed by atoms with E-state index in [1.807, 2.05) is 7.05 Å². The average molecular weight is 277 g/mol. The van der Waals surface area contributed by atoms with Gasteiger partial charge in [0.15, 0.2) is 5.96 Å². The first kappa shape index (κ1) is 14.3. The third-order valence-corrected chi connectivity index (χ3v) is 4.28. The summed E-state index contributed by atoms with van der Waals surface area (Å²) in [6, 6.07) is 9.26. The van der Waals surface area contributed by atoms with Crippen molar-refractivity contribution in [1.82, 2.24) is 10.6 Å². The summed E-state index contributed by atoms with van der Waals surface area (Å²) in [5, 5.41) is 6.88. The average Bonchev–Trinajstić information content (AvgIpc) is 2.97. The lowest BCUT2D eigenvalue weighted by atomic mass is 10.2. The first-order valence-electron chi connectivity index (χ1n) is 6.92. The Balaban J connectivity index is 1.81. The van der Waals surface area contributed by atoms with Crippen LogP contribution in [0.5, 0.6) is 0 Å². The molecule has 1 saturated carbocycles. The van der Waals surface area contributed by atoms with Crippen LogP contribution < -0.4 is 10.6 Å². The summed E-state index contributed by atoms with van der Waals surface area (Å²) in [5.74, 6) is 0.917. The Morgan fingerprint density at radius 2 is 1.95 bits per heavy atom. The monoisotopic (exact) mass is 277 g/mol. The van der Waals surface area contributed by atoms with Crippen LogP contribution >= 0.6 is 11.8 Å². The fourth-order valence-corrected chi connectivity index (χ4v) is 2.80. The molecule has 0 saturated heterocycles. The molecule has 0 spiro atoms. The van der Waals surface area contributed by atoms with Crippen molar-refractivity contribution in [1.29, 1.82) is 0 Å². The molecule has 0 aliphatic heterocycles. The van der Waals surface area contributed by atoms with E-state index >= 15 is 0 Å². The van der Waals surface area contributed by atoms with Crippen molar-refractivity contribution in [3.05, 3.63) is 29.8 Å². The summed E-state index contributed by atoms with van der Waals surface area (Å²) in [5.41, 5.74) is 1.28. The summed E-state index contributed by atoms with van der Waals surface area (Å²) in [6.45, 7) is 0.820. The Morgan fingerprint density at radius 3 is 2.53 bits per heavy atom. The van der Waals surface area contributed by atoms with Gasteiger partial charge in [0.05, 0.1) is 0 Å². The van der Waals surface area contributed by atoms with Crippen LogP contribution in [-0.2, 0) is 6.54 Å². The fraction of sp³-hybridized carbons (Fsp3) is 0.533. The number of benzene rings is 1. The van der Waals surface area contributed by atoms with E-state index in [9.17, 15) is 0 Å². The number of hydrogen-bond donors (Lipinski definition) is 2. The lowest BCUT2D eigenvalue weighted by Gasteiger charge is -2.16. The van der Waals surface area contributed by atoms with Gasteiger partial charge in [-0.2, -0.15) is 0 Å². The minimum absolute atomic E-state index is 0.602. The third-order valence-electron chi connectivity index (χ3n) is 3.54. The van der Waals surface area contributed by atoms with Gasteiger partial charge in [0, 0.05) is 24.5 Å². The normalized spacial score (nSPS) is 16.6. The molecule has 4 heteroatoms. The highest BCUT2D eigenvalue weighted by atomic mass is 32.2. The molecular formula is C15H23N3S. The highest BCUT2D eigenvalue weighted by Crippen LogP contribution is 2.17. The molecule has 1 aliphatic carbocycles. The molecule has 0 radical (unpaired) electrons. The Hall–Kier alpha value is -1.16. The number of aliphatic imine (C=N–C) groups is 1. The van der Waals surface area contributed by atoms with Gasteiger partial charge in [-0.25, -0.2) is 0 Å². The van der Waals surface area contributed by atoms with Crippen molar-refractivity contribution < 1.29 is 0 Å². The van der Waals surface area contributed by atoms with E-state index in [0.29, 0.717) is 6.04 Å². The summed E-state index contributed by atoms with van der Waals surface area (Å²) in [7, 11) is 1.83. The number of thioether (sulfide) groups is 1. The molecule has 2 N–H and O–H groups in total. The van der Waals surface area contributed by atoms with Crippen LogP contribution in [-0.4, -0.2) is 25.3 Å². The van der Waals surface area contributed by atoms with Crippen molar-refractivity contribution in [2.75, 3.05) is 13.3 Å². The molecule has 0 amide bonds. The van der Waals surface area contributed by atoms with Gasteiger partial charge in [-0.3, -0.25) is 4.99 Å². The van der Waals surface area contributed by atoms with Crippen molar-refractivity contribution in [2.24, 2.45) is 4.99 Å². The molecule has 0 bridgehead atoms. The van der Waals surface area contributed by atoms with E-state index in [4.69, 9.17) is 0 Å². The largest absolute Gasteiger partial charge is 0.354 e. The van der Waals surface area contributed by atoms with Crippen molar-refractivity contribution in [3.8, 4) is 0 Å². The Kier molecular flexibility index (Phi) is 5.58. The van der Waals surface area contributed by atoms with E-state index in [2.05, 4.69) is 46.1 Å². The van der Waals surface area contributed by atoms with E-state index in [-0.39, 0.29) is 0 Å². The highest BCUT2D eigenvalue weighted by Gasteiger charge is 2.15. The SMILES string of the molecule is CN=C(NCc1ccc(SC)cc1)NC1CCCC1. The van der Waals surface area contributed by atoms with Crippen LogP contribution in [0.1, 0.15) is 31.2 Å². The number of rotatable bonds is 4. The summed E-state index contributed by atoms with van der Waals surface area (Å²) < 4.78 is 0. The van der Waals surface area contributed by atoms with Crippen LogP contribution in [0.25, 0.3) is 0 Å². The van der Waals surface area contributed by atoms with Crippen molar-refractivity contribution >= 4 is 17.7 Å². The first-order valence-corrected chi connectivity index (χ1v) is 8.14. The van der Waals surface area contributed by atoms with E-state index in [1.54, 1.807) is 11.8 Å². The maximum atomic E-state index is 4.29. The molecule has 19 heavy (non-hydrogen) atoms. The predicted molar refractivity (Wildman–Crippen MR) is 83.8 cm³/mol. The third kappa shape index (κ3) is 4.46. The molecule has 1 aromatic carbocycles. The van der Waals surface area contributed by atoms with Gasteiger partial charge in [0.25, 0.3) is 0 Å². The lowest BCUT2D eigenvalue weighted by Crippen LogP contribution is -2.41. The van der Waals surface area contributed by atoms with Gasteiger partial charge < -0.3 is 10.6 Å². The summed E-state index contributed by atoms with van der Waals surface area (Å²) in [4.78, 5) is 5.59. The van der Waals surface area contributed by atoms with Gasteiger partial charge in [-0.05, 0) is 36.8 Å². The van der Waals surface area contributed by atoms with E-state index in [1.165, 1.54) is 36.1 Å². The molecule has 2 rings (SSSR count). The Labute approximate surface area is 120 Å². The standard InChI is InChI=1S/C15H23N3S/c1-16-15(18-13-5-3-4-6-13)17-11-12-7-9-14(19-2)10-8-12/h7-10,13H,3-6,11H2,1-2H3,(H2,16,17,18). The Bertz CT molecular complexity index is 408. The second-order valence-electron chi connectivity index (χ2n) is 4.90. The maximum Gasteiger partial charge on any atom is 0.191 e. The van der Waals surface area contributed by atoms with Crippen LogP contribution in [0.2, 0.25) is 0 Å². The molecule has 0 unspecified atom stereocenters. The smallest absolute Gasteiger partial charge is 0.191 e. The quantitative estimate of drug-likeness (QED) is 0.504. The van der Waals surface area contributed by atoms with Gasteiger partial charge in [-0.15, -0.1) is 11.8 Å². The fourth-order valence-electron chi connectivity index (χ4n) is 2.39. The first-order chi connectivity index (χ1) is 9.31. The molecule has 1 aliphatic rings. The molecule has 1 aromatic rings. The van der Waals surface area contributed by atoms with Gasteiger partial charge in [-0.1, -0.05) is 25.0 Å². The zero-order chi connectivity index (χ0) is 13.5. The van der Waals surface area contributed by atoms with Crippen LogP contribution in [0.15, 0.2) is 34.2 Å². The lowest BCUT2D eigenvalue weighted by molar-refractivity contribution is 0.613. The van der Waals surface area contributed by atoms with E-state index < -0.39 is 0 Å². The van der Waals surface area contributed by atoms with Crippen molar-refractivity contribution in [3.63, 3.8) is 0 Å². The Morgan fingerprint density at radius 1 is 1.26 bits per heavy atom. The second-order valence-corrected chi connectivity index (χ2v) is 5.78. The topological polar surface area (TPSA) is 36.4 Å². The molecule has 0 heterocycles. The number of guanidine groups is 1. The van der Waals surface area contributed by atoms with Crippen molar-refractivity contribution in [2.45, 2.75) is 43.2 Å². The molecule has 104 valence electrons. The summed E-state index contributed by atoms with van der Waals surface area (Å²) >= 11 is 1.77. The van der Waals surface area contributed by atoms with Crippen LogP contribution in [0.3, 0.4) is 0 Å². The van der Waals surface area contributed by atoms with Gasteiger partial charge in [0.1, 0.15) is 0 Å². The number of hydrogen-bond acceptors (Lipinski definition) is 2. The second kappa shape index (κ2) is 7.43. The highest BCUT2D eigenvalue weighted by molar-refractivity contribution is 7.98. The minimum atomic E-state index is 0.602. The molecular weight excluding hydrogens is 254 g/mol. The van der Waals surface area contributed by atoms with Crippen LogP contribution in [0.4, 0.5) is 0 Å². The zero-order valence-corrected chi connectivity index (χ0v) is 12.6. The van der Waals surface area contributed by atoms with Crippen LogP contribution in [0, 0.1) is 0 Å².